The number of hydrogen-bond donors (Lipinski definition) is 1. The van der Waals surface area contributed by atoms with E-state index in [9.17, 15) is 5.11 Å². The SMILES string of the molecule is C=CC1(O)CCCOc2ccccc21. The van der Waals surface area contributed by atoms with Crippen LogP contribution in [-0.4, -0.2) is 11.7 Å². The molecule has 0 radical (unpaired) electrons. The average molecular weight is 190 g/mol. The molecule has 0 bridgehead atoms. The molecular weight excluding hydrogens is 176 g/mol. The van der Waals surface area contributed by atoms with E-state index < -0.39 is 5.60 Å². The third-order valence-corrected chi connectivity index (χ3v) is 2.65. The Kier molecular flexibility index (Phi) is 2.30. The number of rotatable bonds is 1. The minimum absolute atomic E-state index is 0.660. The van der Waals surface area contributed by atoms with Crippen LogP contribution in [0.5, 0.6) is 5.75 Å². The summed E-state index contributed by atoms with van der Waals surface area (Å²) in [5.74, 6) is 0.771. The van der Waals surface area contributed by atoms with Gasteiger partial charge in [0.15, 0.2) is 0 Å². The number of benzene rings is 1. The predicted molar refractivity (Wildman–Crippen MR) is 55.3 cm³/mol. The van der Waals surface area contributed by atoms with Crippen molar-refractivity contribution in [3.05, 3.63) is 42.5 Å². The summed E-state index contributed by atoms with van der Waals surface area (Å²) >= 11 is 0. The Morgan fingerprint density at radius 3 is 3.00 bits per heavy atom. The first-order chi connectivity index (χ1) is 6.76. The third-order valence-electron chi connectivity index (χ3n) is 2.65. The van der Waals surface area contributed by atoms with E-state index in [0.29, 0.717) is 13.0 Å². The summed E-state index contributed by atoms with van der Waals surface area (Å²) in [5, 5.41) is 10.3. The lowest BCUT2D eigenvalue weighted by molar-refractivity contribution is 0.0806. The molecule has 74 valence electrons. The third kappa shape index (κ3) is 1.42. The van der Waals surface area contributed by atoms with Crippen LogP contribution >= 0.6 is 0 Å². The van der Waals surface area contributed by atoms with E-state index in [1.54, 1.807) is 6.08 Å². The van der Waals surface area contributed by atoms with Gasteiger partial charge in [0.25, 0.3) is 0 Å². The van der Waals surface area contributed by atoms with Crippen molar-refractivity contribution in [3.8, 4) is 5.75 Å². The van der Waals surface area contributed by atoms with E-state index in [2.05, 4.69) is 6.58 Å². The lowest BCUT2D eigenvalue weighted by Crippen LogP contribution is -2.21. The molecule has 14 heavy (non-hydrogen) atoms. The van der Waals surface area contributed by atoms with Crippen molar-refractivity contribution in [1.29, 1.82) is 0 Å². The first-order valence-corrected chi connectivity index (χ1v) is 4.84. The van der Waals surface area contributed by atoms with Crippen LogP contribution in [0.15, 0.2) is 36.9 Å². The number of ether oxygens (including phenoxy) is 1. The highest BCUT2D eigenvalue weighted by atomic mass is 16.5. The zero-order chi connectivity index (χ0) is 10.0. The molecular formula is C12H14O2. The van der Waals surface area contributed by atoms with Crippen LogP contribution in [0.4, 0.5) is 0 Å². The zero-order valence-electron chi connectivity index (χ0n) is 8.07. The molecule has 1 aromatic rings. The molecule has 0 saturated carbocycles. The Morgan fingerprint density at radius 1 is 1.43 bits per heavy atom. The second-order valence-corrected chi connectivity index (χ2v) is 3.58. The minimum atomic E-state index is -0.924. The fraction of sp³-hybridized carbons (Fsp3) is 0.333. The molecule has 0 saturated heterocycles. The molecule has 1 atom stereocenters. The Hall–Kier alpha value is -1.28. The van der Waals surface area contributed by atoms with Gasteiger partial charge in [0.2, 0.25) is 0 Å². The van der Waals surface area contributed by atoms with Gasteiger partial charge in [-0.25, -0.2) is 0 Å². The molecule has 1 heterocycles. The molecule has 2 rings (SSSR count). The van der Waals surface area contributed by atoms with Crippen LogP contribution < -0.4 is 4.74 Å². The highest BCUT2D eigenvalue weighted by Gasteiger charge is 2.30. The van der Waals surface area contributed by atoms with E-state index in [1.165, 1.54) is 0 Å². The van der Waals surface area contributed by atoms with Gasteiger partial charge >= 0.3 is 0 Å². The molecule has 0 amide bonds. The number of para-hydroxylation sites is 1. The van der Waals surface area contributed by atoms with Crippen molar-refractivity contribution >= 4 is 0 Å². The second kappa shape index (κ2) is 3.46. The van der Waals surface area contributed by atoms with Crippen LogP contribution in [0, 0.1) is 0 Å². The summed E-state index contributed by atoms with van der Waals surface area (Å²) in [6.07, 6.45) is 3.12. The van der Waals surface area contributed by atoms with Gasteiger partial charge in [-0.1, -0.05) is 30.9 Å². The Bertz CT molecular complexity index is 346. The molecule has 1 unspecified atom stereocenters. The average Bonchev–Trinajstić information content (AvgIpc) is 2.40. The molecule has 0 aromatic heterocycles. The highest BCUT2D eigenvalue weighted by molar-refractivity contribution is 5.40. The summed E-state index contributed by atoms with van der Waals surface area (Å²) in [5.41, 5.74) is -0.0971. The maximum atomic E-state index is 10.3. The molecule has 1 aliphatic heterocycles. The van der Waals surface area contributed by atoms with E-state index in [0.717, 1.165) is 17.7 Å². The first kappa shape index (κ1) is 9.28. The molecule has 1 N–H and O–H groups in total. The van der Waals surface area contributed by atoms with Crippen molar-refractivity contribution in [1.82, 2.24) is 0 Å². The summed E-state index contributed by atoms with van der Waals surface area (Å²) in [7, 11) is 0. The summed E-state index contributed by atoms with van der Waals surface area (Å²) in [6.45, 7) is 4.35. The Labute approximate surface area is 83.8 Å². The molecule has 0 spiro atoms. The predicted octanol–water partition coefficient (Wildman–Crippen LogP) is 2.23. The van der Waals surface area contributed by atoms with Gasteiger partial charge in [-0.2, -0.15) is 0 Å². The lowest BCUT2D eigenvalue weighted by atomic mass is 9.89. The van der Waals surface area contributed by atoms with E-state index in [1.807, 2.05) is 24.3 Å². The topological polar surface area (TPSA) is 29.5 Å². The van der Waals surface area contributed by atoms with Crippen molar-refractivity contribution < 1.29 is 9.84 Å². The van der Waals surface area contributed by atoms with Crippen LogP contribution in [-0.2, 0) is 5.60 Å². The van der Waals surface area contributed by atoms with Gasteiger partial charge in [0.05, 0.1) is 6.61 Å². The van der Waals surface area contributed by atoms with Gasteiger partial charge in [-0.05, 0) is 18.9 Å². The van der Waals surface area contributed by atoms with Crippen LogP contribution in [0.3, 0.4) is 0 Å². The zero-order valence-corrected chi connectivity index (χ0v) is 8.07. The van der Waals surface area contributed by atoms with Gasteiger partial charge in [0, 0.05) is 5.56 Å². The van der Waals surface area contributed by atoms with Gasteiger partial charge in [-0.3, -0.25) is 0 Å². The summed E-state index contributed by atoms with van der Waals surface area (Å²) in [6, 6.07) is 7.59. The normalized spacial score (nSPS) is 25.8. The number of hydrogen-bond acceptors (Lipinski definition) is 2. The summed E-state index contributed by atoms with van der Waals surface area (Å²) < 4.78 is 5.54. The molecule has 0 fully saturated rings. The summed E-state index contributed by atoms with van der Waals surface area (Å²) in [4.78, 5) is 0. The van der Waals surface area contributed by atoms with Crippen LogP contribution in [0.2, 0.25) is 0 Å². The van der Waals surface area contributed by atoms with Crippen LogP contribution in [0.25, 0.3) is 0 Å². The number of fused-ring (bicyclic) bond motifs is 1. The highest BCUT2D eigenvalue weighted by Crippen LogP contribution is 2.36. The van der Waals surface area contributed by atoms with E-state index in [4.69, 9.17) is 4.74 Å². The van der Waals surface area contributed by atoms with Crippen molar-refractivity contribution in [2.24, 2.45) is 0 Å². The fourth-order valence-corrected chi connectivity index (χ4v) is 1.82. The molecule has 2 nitrogen and oxygen atoms in total. The largest absolute Gasteiger partial charge is 0.493 e. The van der Waals surface area contributed by atoms with Gasteiger partial charge in [-0.15, -0.1) is 0 Å². The number of aliphatic hydroxyl groups is 1. The second-order valence-electron chi connectivity index (χ2n) is 3.58. The van der Waals surface area contributed by atoms with Gasteiger partial charge in [0.1, 0.15) is 11.4 Å². The molecule has 0 aliphatic carbocycles. The quantitative estimate of drug-likeness (QED) is 0.688. The van der Waals surface area contributed by atoms with Crippen molar-refractivity contribution in [2.75, 3.05) is 6.61 Å². The maximum absolute atomic E-state index is 10.3. The Balaban J connectivity index is 2.52. The van der Waals surface area contributed by atoms with Gasteiger partial charge < -0.3 is 9.84 Å². The smallest absolute Gasteiger partial charge is 0.125 e. The van der Waals surface area contributed by atoms with Crippen LogP contribution in [0.1, 0.15) is 18.4 Å². The monoisotopic (exact) mass is 190 g/mol. The fourth-order valence-electron chi connectivity index (χ4n) is 1.82. The molecule has 1 aromatic carbocycles. The van der Waals surface area contributed by atoms with Crippen molar-refractivity contribution in [3.63, 3.8) is 0 Å². The van der Waals surface area contributed by atoms with E-state index in [-0.39, 0.29) is 0 Å². The van der Waals surface area contributed by atoms with E-state index >= 15 is 0 Å². The molecule has 2 heteroatoms. The molecule has 1 aliphatic rings. The first-order valence-electron chi connectivity index (χ1n) is 4.84. The lowest BCUT2D eigenvalue weighted by Gasteiger charge is -2.23. The van der Waals surface area contributed by atoms with Crippen molar-refractivity contribution in [2.45, 2.75) is 18.4 Å². The Morgan fingerprint density at radius 2 is 2.21 bits per heavy atom. The standard InChI is InChI=1S/C12H14O2/c1-2-12(13)8-5-9-14-11-7-4-3-6-10(11)12/h2-4,6-7,13H,1,5,8-9H2. The minimum Gasteiger partial charge on any atom is -0.493 e. The maximum Gasteiger partial charge on any atom is 0.125 e.